The average Bonchev–Trinajstić information content (AvgIpc) is 2.64. The smallest absolute Gasteiger partial charge is 0.269 e. The molecule has 0 fully saturated rings. The zero-order valence-electron chi connectivity index (χ0n) is 14.5. The van der Waals surface area contributed by atoms with Gasteiger partial charge in [0.25, 0.3) is 11.6 Å². The van der Waals surface area contributed by atoms with Gasteiger partial charge < -0.3 is 16.0 Å². The quantitative estimate of drug-likeness (QED) is 0.411. The molecule has 0 saturated heterocycles. The number of allylic oxidation sites excluding steroid dienone is 1. The number of thiocarbonyl (C=S) groups is 1. The molecule has 0 aliphatic carbocycles. The van der Waals surface area contributed by atoms with Gasteiger partial charge in [-0.05, 0) is 36.8 Å². The number of rotatable bonds is 4. The summed E-state index contributed by atoms with van der Waals surface area (Å²) in [4.78, 5) is 23.4. The highest BCUT2D eigenvalue weighted by molar-refractivity contribution is 7.80. The Morgan fingerprint density at radius 3 is 2.64 bits per heavy atom. The van der Waals surface area contributed by atoms with Crippen LogP contribution in [-0.4, -0.2) is 15.9 Å². The number of carbonyl (C=O) groups is 1. The summed E-state index contributed by atoms with van der Waals surface area (Å²) in [6.07, 6.45) is 0. The molecule has 0 spiro atoms. The van der Waals surface area contributed by atoms with Crippen LogP contribution >= 0.6 is 12.2 Å². The molecule has 28 heavy (non-hydrogen) atoms. The second-order valence-electron chi connectivity index (χ2n) is 6.01. The van der Waals surface area contributed by atoms with E-state index in [-0.39, 0.29) is 22.1 Å². The predicted octanol–water partition coefficient (Wildman–Crippen LogP) is 3.30. The molecule has 1 aliphatic rings. The third-order valence-corrected chi connectivity index (χ3v) is 4.33. The summed E-state index contributed by atoms with van der Waals surface area (Å²) in [6, 6.07) is 8.01. The summed E-state index contributed by atoms with van der Waals surface area (Å²) in [5, 5.41) is 19.6. The van der Waals surface area contributed by atoms with Gasteiger partial charge in [0, 0.05) is 29.6 Å². The Bertz CT molecular complexity index is 1030. The first-order chi connectivity index (χ1) is 13.3. The standard InChI is InChI=1S/C18H14F2N4O3S/c1-9-15(17(25)22-11-5-6-13(19)14(20)8-11)16(23-18(28)21-9)10-3-2-4-12(7-10)24(26)27/h2-8,16H,1H3,(H,22,25)(H2,21,23,28). The molecule has 1 atom stereocenters. The molecule has 2 aromatic carbocycles. The highest BCUT2D eigenvalue weighted by atomic mass is 32.1. The van der Waals surface area contributed by atoms with Gasteiger partial charge in [-0.2, -0.15) is 0 Å². The van der Waals surface area contributed by atoms with E-state index in [0.29, 0.717) is 11.3 Å². The molecule has 1 amide bonds. The predicted molar refractivity (Wildman–Crippen MR) is 102 cm³/mol. The van der Waals surface area contributed by atoms with Crippen LogP contribution in [0, 0.1) is 21.7 Å². The van der Waals surface area contributed by atoms with Crippen molar-refractivity contribution in [1.82, 2.24) is 10.6 Å². The first kappa shape index (κ1) is 19.4. The minimum atomic E-state index is -1.10. The Kier molecular flexibility index (Phi) is 5.32. The summed E-state index contributed by atoms with van der Waals surface area (Å²) in [5.41, 5.74) is 1.02. The number of nitro groups is 1. The largest absolute Gasteiger partial charge is 0.351 e. The highest BCUT2D eigenvalue weighted by Gasteiger charge is 2.30. The molecule has 3 N–H and O–H groups in total. The molecule has 3 rings (SSSR count). The van der Waals surface area contributed by atoms with Crippen LogP contribution in [0.15, 0.2) is 53.7 Å². The summed E-state index contributed by atoms with van der Waals surface area (Å²) >= 11 is 5.13. The maximum atomic E-state index is 13.4. The van der Waals surface area contributed by atoms with E-state index >= 15 is 0 Å². The van der Waals surface area contributed by atoms with E-state index < -0.39 is 28.5 Å². The van der Waals surface area contributed by atoms with E-state index in [1.165, 1.54) is 24.3 Å². The zero-order chi connectivity index (χ0) is 20.4. The molecule has 7 nitrogen and oxygen atoms in total. The molecule has 0 bridgehead atoms. The normalized spacial score (nSPS) is 16.2. The molecule has 0 saturated carbocycles. The molecule has 1 aliphatic heterocycles. The first-order valence-corrected chi connectivity index (χ1v) is 8.46. The number of amides is 1. The maximum absolute atomic E-state index is 13.4. The van der Waals surface area contributed by atoms with E-state index in [4.69, 9.17) is 12.2 Å². The fourth-order valence-corrected chi connectivity index (χ4v) is 3.11. The van der Waals surface area contributed by atoms with Crippen LogP contribution in [0.1, 0.15) is 18.5 Å². The minimum Gasteiger partial charge on any atom is -0.351 e. The van der Waals surface area contributed by atoms with Crippen molar-refractivity contribution in [3.05, 3.63) is 81.0 Å². The van der Waals surface area contributed by atoms with E-state index in [1.54, 1.807) is 13.0 Å². The first-order valence-electron chi connectivity index (χ1n) is 8.05. The van der Waals surface area contributed by atoms with Crippen molar-refractivity contribution in [1.29, 1.82) is 0 Å². The van der Waals surface area contributed by atoms with Crippen LogP contribution in [0.2, 0.25) is 0 Å². The lowest BCUT2D eigenvalue weighted by atomic mass is 9.94. The Morgan fingerprint density at radius 1 is 1.21 bits per heavy atom. The Hall–Kier alpha value is -3.40. The summed E-state index contributed by atoms with van der Waals surface area (Å²) < 4.78 is 26.5. The van der Waals surface area contributed by atoms with Gasteiger partial charge in [0.15, 0.2) is 16.7 Å². The number of hydrogen-bond donors (Lipinski definition) is 3. The molecule has 1 heterocycles. The van der Waals surface area contributed by atoms with Gasteiger partial charge in [-0.25, -0.2) is 8.78 Å². The number of anilines is 1. The molecule has 0 aromatic heterocycles. The summed E-state index contributed by atoms with van der Waals surface area (Å²) in [7, 11) is 0. The van der Waals surface area contributed by atoms with E-state index in [2.05, 4.69) is 16.0 Å². The number of nitrogens with zero attached hydrogens (tertiary/aromatic N) is 1. The zero-order valence-corrected chi connectivity index (χ0v) is 15.3. The summed E-state index contributed by atoms with van der Waals surface area (Å²) in [5.74, 6) is -2.73. The summed E-state index contributed by atoms with van der Waals surface area (Å²) in [6.45, 7) is 1.62. The van der Waals surface area contributed by atoms with Crippen molar-refractivity contribution in [2.75, 3.05) is 5.32 Å². The van der Waals surface area contributed by atoms with Crippen molar-refractivity contribution in [3.8, 4) is 0 Å². The van der Waals surface area contributed by atoms with Crippen LogP contribution in [0.25, 0.3) is 0 Å². The Morgan fingerprint density at radius 2 is 1.96 bits per heavy atom. The Balaban J connectivity index is 1.97. The third kappa shape index (κ3) is 3.96. The number of benzene rings is 2. The molecule has 2 aromatic rings. The lowest BCUT2D eigenvalue weighted by Gasteiger charge is -2.30. The van der Waals surface area contributed by atoms with Crippen molar-refractivity contribution in [2.45, 2.75) is 13.0 Å². The maximum Gasteiger partial charge on any atom is 0.269 e. The fraction of sp³-hybridized carbons (Fsp3) is 0.111. The van der Waals surface area contributed by atoms with E-state index in [0.717, 1.165) is 12.1 Å². The van der Waals surface area contributed by atoms with Gasteiger partial charge in [-0.3, -0.25) is 14.9 Å². The second-order valence-corrected chi connectivity index (χ2v) is 6.41. The van der Waals surface area contributed by atoms with Crippen LogP contribution in [-0.2, 0) is 4.79 Å². The lowest BCUT2D eigenvalue weighted by Crippen LogP contribution is -2.45. The minimum absolute atomic E-state index is 0.0649. The SMILES string of the molecule is CC1=C(C(=O)Nc2ccc(F)c(F)c2)C(c2cccc([N+](=O)[O-])c2)NC(=S)N1. The lowest BCUT2D eigenvalue weighted by molar-refractivity contribution is -0.384. The van der Waals surface area contributed by atoms with Crippen molar-refractivity contribution in [2.24, 2.45) is 0 Å². The van der Waals surface area contributed by atoms with Gasteiger partial charge in [-0.15, -0.1) is 0 Å². The molecule has 144 valence electrons. The van der Waals surface area contributed by atoms with Crippen LogP contribution in [0.3, 0.4) is 0 Å². The monoisotopic (exact) mass is 404 g/mol. The third-order valence-electron chi connectivity index (χ3n) is 4.11. The molecule has 0 radical (unpaired) electrons. The number of nitrogens with one attached hydrogen (secondary N) is 3. The van der Waals surface area contributed by atoms with Crippen LogP contribution < -0.4 is 16.0 Å². The molecular formula is C18H14F2N4O3S. The molecule has 10 heteroatoms. The van der Waals surface area contributed by atoms with Crippen LogP contribution in [0.5, 0.6) is 0 Å². The van der Waals surface area contributed by atoms with Gasteiger partial charge in [0.05, 0.1) is 16.5 Å². The average molecular weight is 404 g/mol. The number of nitro benzene ring substituents is 1. The van der Waals surface area contributed by atoms with Gasteiger partial charge in [0.1, 0.15) is 0 Å². The van der Waals surface area contributed by atoms with Gasteiger partial charge >= 0.3 is 0 Å². The number of non-ortho nitro benzene ring substituents is 1. The van der Waals surface area contributed by atoms with Crippen molar-refractivity contribution in [3.63, 3.8) is 0 Å². The second kappa shape index (κ2) is 7.69. The molecular weight excluding hydrogens is 390 g/mol. The fourth-order valence-electron chi connectivity index (χ4n) is 2.84. The number of carbonyl (C=O) groups excluding carboxylic acids is 1. The molecule has 1 unspecified atom stereocenters. The van der Waals surface area contributed by atoms with Crippen molar-refractivity contribution < 1.29 is 18.5 Å². The number of halogens is 2. The highest BCUT2D eigenvalue weighted by Crippen LogP contribution is 2.30. The van der Waals surface area contributed by atoms with Crippen LogP contribution in [0.4, 0.5) is 20.2 Å². The van der Waals surface area contributed by atoms with Crippen molar-refractivity contribution >= 4 is 34.6 Å². The Labute approximate surface area is 163 Å². The van der Waals surface area contributed by atoms with E-state index in [1.807, 2.05) is 0 Å². The van der Waals surface area contributed by atoms with Gasteiger partial charge in [-0.1, -0.05) is 12.1 Å². The van der Waals surface area contributed by atoms with E-state index in [9.17, 15) is 23.7 Å². The van der Waals surface area contributed by atoms with Gasteiger partial charge in [0.2, 0.25) is 0 Å². The number of hydrogen-bond acceptors (Lipinski definition) is 4. The topological polar surface area (TPSA) is 96.3 Å².